The molecule has 0 aliphatic carbocycles. The van der Waals surface area contributed by atoms with E-state index in [-0.39, 0.29) is 0 Å². The molecule has 0 radical (unpaired) electrons. The van der Waals surface area contributed by atoms with E-state index in [1.807, 2.05) is 0 Å². The Kier molecular flexibility index (Phi) is 5.97. The van der Waals surface area contributed by atoms with Crippen LogP contribution in [0.1, 0.15) is 18.7 Å². The number of nitrogens with zero attached hydrogens (tertiary/aromatic N) is 1. The first-order valence-corrected chi connectivity index (χ1v) is 7.28. The minimum Gasteiger partial charge on any atom is -0.310 e. The van der Waals surface area contributed by atoms with Gasteiger partial charge in [0.15, 0.2) is 0 Å². The summed E-state index contributed by atoms with van der Waals surface area (Å²) in [5.41, 5.74) is 0. The minimum absolute atomic E-state index is 0.596. The molecule has 0 bridgehead atoms. The standard InChI is InChI=1S/C12H21BrN2S/c1-9(2)11(15(3)4)7-14-8-12-10(13)5-6-16-12/h5-6,9,11,14H,7-8H2,1-4H3. The SMILES string of the molecule is CC(C)C(CNCc1sccc1Br)N(C)C. The number of thiophene rings is 1. The lowest BCUT2D eigenvalue weighted by Gasteiger charge is -2.28. The van der Waals surface area contributed by atoms with E-state index in [0.717, 1.165) is 13.1 Å². The summed E-state index contributed by atoms with van der Waals surface area (Å²) in [7, 11) is 4.29. The molecular weight excluding hydrogens is 284 g/mol. The summed E-state index contributed by atoms with van der Waals surface area (Å²) in [6.45, 7) is 6.53. The third-order valence-corrected chi connectivity index (χ3v) is 4.69. The number of rotatable bonds is 6. The van der Waals surface area contributed by atoms with Crippen LogP contribution in [0, 0.1) is 5.92 Å². The van der Waals surface area contributed by atoms with Crippen molar-refractivity contribution < 1.29 is 0 Å². The van der Waals surface area contributed by atoms with E-state index in [4.69, 9.17) is 0 Å². The molecule has 0 spiro atoms. The summed E-state index contributed by atoms with van der Waals surface area (Å²) in [4.78, 5) is 3.67. The molecule has 1 aromatic rings. The van der Waals surface area contributed by atoms with Crippen LogP contribution in [0.2, 0.25) is 0 Å². The lowest BCUT2D eigenvalue weighted by molar-refractivity contribution is 0.224. The summed E-state index contributed by atoms with van der Waals surface area (Å²) in [6, 6.07) is 2.70. The zero-order valence-corrected chi connectivity index (χ0v) is 12.9. The molecule has 1 unspecified atom stereocenters. The van der Waals surface area contributed by atoms with Crippen molar-refractivity contribution in [2.75, 3.05) is 20.6 Å². The molecule has 92 valence electrons. The molecule has 0 aliphatic rings. The summed E-state index contributed by atoms with van der Waals surface area (Å²) in [5, 5.41) is 5.65. The van der Waals surface area contributed by atoms with Gasteiger partial charge in [0, 0.05) is 28.5 Å². The highest BCUT2D eigenvalue weighted by Gasteiger charge is 2.15. The van der Waals surface area contributed by atoms with Gasteiger partial charge in [-0.05, 0) is 47.4 Å². The normalized spacial score (nSPS) is 13.7. The van der Waals surface area contributed by atoms with Crippen LogP contribution in [0.25, 0.3) is 0 Å². The van der Waals surface area contributed by atoms with E-state index in [2.05, 4.69) is 65.5 Å². The Balaban J connectivity index is 2.37. The van der Waals surface area contributed by atoms with E-state index in [0.29, 0.717) is 12.0 Å². The second-order valence-corrected chi connectivity index (χ2v) is 6.45. The number of hydrogen-bond acceptors (Lipinski definition) is 3. The van der Waals surface area contributed by atoms with Gasteiger partial charge in [0.05, 0.1) is 0 Å². The van der Waals surface area contributed by atoms with E-state index in [1.54, 1.807) is 11.3 Å². The highest BCUT2D eigenvalue weighted by Crippen LogP contribution is 2.22. The average Bonchev–Trinajstić information content (AvgIpc) is 2.57. The van der Waals surface area contributed by atoms with Crippen LogP contribution >= 0.6 is 27.3 Å². The van der Waals surface area contributed by atoms with Crippen LogP contribution in [0.4, 0.5) is 0 Å². The maximum atomic E-state index is 3.55. The maximum Gasteiger partial charge on any atom is 0.0327 e. The lowest BCUT2D eigenvalue weighted by atomic mass is 10.0. The third kappa shape index (κ3) is 4.17. The molecule has 2 nitrogen and oxygen atoms in total. The Morgan fingerprint density at radius 2 is 2.12 bits per heavy atom. The zero-order valence-electron chi connectivity index (χ0n) is 10.5. The monoisotopic (exact) mass is 304 g/mol. The van der Waals surface area contributed by atoms with Crippen molar-refractivity contribution in [3.63, 3.8) is 0 Å². The Labute approximate surface area is 111 Å². The largest absolute Gasteiger partial charge is 0.310 e. The molecule has 1 rings (SSSR count). The van der Waals surface area contributed by atoms with Gasteiger partial charge in [-0.3, -0.25) is 0 Å². The number of hydrogen-bond donors (Lipinski definition) is 1. The maximum absolute atomic E-state index is 3.55. The fourth-order valence-electron chi connectivity index (χ4n) is 1.80. The summed E-state index contributed by atoms with van der Waals surface area (Å²) < 4.78 is 1.22. The minimum atomic E-state index is 0.596. The molecule has 1 N–H and O–H groups in total. The van der Waals surface area contributed by atoms with Crippen LogP contribution in [-0.4, -0.2) is 31.6 Å². The summed E-state index contributed by atoms with van der Waals surface area (Å²) in [5.74, 6) is 0.675. The van der Waals surface area contributed by atoms with E-state index < -0.39 is 0 Å². The second-order valence-electron chi connectivity index (χ2n) is 4.60. The third-order valence-electron chi connectivity index (χ3n) is 2.76. The predicted molar refractivity (Wildman–Crippen MR) is 76.0 cm³/mol. The molecule has 0 aliphatic heterocycles. The van der Waals surface area contributed by atoms with Crippen molar-refractivity contribution in [3.8, 4) is 0 Å². The number of likely N-dealkylation sites (N-methyl/N-ethyl adjacent to an activating group) is 1. The molecule has 0 fully saturated rings. The highest BCUT2D eigenvalue weighted by molar-refractivity contribution is 9.10. The van der Waals surface area contributed by atoms with Crippen molar-refractivity contribution in [2.24, 2.45) is 5.92 Å². The van der Waals surface area contributed by atoms with Crippen molar-refractivity contribution in [2.45, 2.75) is 26.4 Å². The Morgan fingerprint density at radius 1 is 1.44 bits per heavy atom. The van der Waals surface area contributed by atoms with Gasteiger partial charge < -0.3 is 10.2 Å². The molecule has 1 heterocycles. The van der Waals surface area contributed by atoms with Gasteiger partial charge in [-0.15, -0.1) is 11.3 Å². The van der Waals surface area contributed by atoms with Crippen molar-refractivity contribution in [3.05, 3.63) is 20.8 Å². The van der Waals surface area contributed by atoms with Gasteiger partial charge in [0.1, 0.15) is 0 Å². The number of nitrogens with one attached hydrogen (secondary N) is 1. The highest BCUT2D eigenvalue weighted by atomic mass is 79.9. The molecule has 1 atom stereocenters. The van der Waals surface area contributed by atoms with E-state index in [9.17, 15) is 0 Å². The van der Waals surface area contributed by atoms with Crippen LogP contribution in [0.3, 0.4) is 0 Å². The topological polar surface area (TPSA) is 15.3 Å². The fraction of sp³-hybridized carbons (Fsp3) is 0.667. The molecule has 0 aromatic carbocycles. The van der Waals surface area contributed by atoms with Gasteiger partial charge in [-0.25, -0.2) is 0 Å². The van der Waals surface area contributed by atoms with Gasteiger partial charge in [0.25, 0.3) is 0 Å². The van der Waals surface area contributed by atoms with E-state index in [1.165, 1.54) is 9.35 Å². The van der Waals surface area contributed by atoms with Gasteiger partial charge in [-0.1, -0.05) is 13.8 Å². The van der Waals surface area contributed by atoms with Gasteiger partial charge in [-0.2, -0.15) is 0 Å². The molecule has 1 aromatic heterocycles. The summed E-state index contributed by atoms with van der Waals surface area (Å²) in [6.07, 6.45) is 0. The Hall–Kier alpha value is 0.1000. The van der Waals surface area contributed by atoms with E-state index >= 15 is 0 Å². The second kappa shape index (κ2) is 6.74. The first kappa shape index (κ1) is 14.2. The molecule has 16 heavy (non-hydrogen) atoms. The average molecular weight is 305 g/mol. The fourth-order valence-corrected chi connectivity index (χ4v) is 3.26. The first-order chi connectivity index (χ1) is 7.52. The molecular formula is C12H21BrN2S. The quantitative estimate of drug-likeness (QED) is 0.868. The Bertz CT molecular complexity index is 302. The lowest BCUT2D eigenvalue weighted by Crippen LogP contribution is -2.41. The van der Waals surface area contributed by atoms with Crippen LogP contribution in [0.15, 0.2) is 15.9 Å². The summed E-state index contributed by atoms with van der Waals surface area (Å²) >= 11 is 5.35. The smallest absolute Gasteiger partial charge is 0.0327 e. The van der Waals surface area contributed by atoms with Crippen LogP contribution in [0.5, 0.6) is 0 Å². The van der Waals surface area contributed by atoms with Crippen molar-refractivity contribution in [1.82, 2.24) is 10.2 Å². The van der Waals surface area contributed by atoms with Crippen molar-refractivity contribution in [1.29, 1.82) is 0 Å². The first-order valence-electron chi connectivity index (χ1n) is 5.61. The van der Waals surface area contributed by atoms with Gasteiger partial charge >= 0.3 is 0 Å². The molecule has 4 heteroatoms. The van der Waals surface area contributed by atoms with Crippen LogP contribution in [-0.2, 0) is 6.54 Å². The molecule has 0 saturated carbocycles. The predicted octanol–water partition coefficient (Wildman–Crippen LogP) is 3.19. The van der Waals surface area contributed by atoms with Crippen LogP contribution < -0.4 is 5.32 Å². The zero-order chi connectivity index (χ0) is 12.1. The van der Waals surface area contributed by atoms with Gasteiger partial charge in [0.2, 0.25) is 0 Å². The molecule has 0 amide bonds. The van der Waals surface area contributed by atoms with Crippen molar-refractivity contribution >= 4 is 27.3 Å². The number of halogens is 1. The Morgan fingerprint density at radius 3 is 2.56 bits per heavy atom. The molecule has 0 saturated heterocycles.